The molecular weight excluding hydrogens is 382 g/mol. The second-order valence-electron chi connectivity index (χ2n) is 7.08. The fourth-order valence-corrected chi connectivity index (χ4v) is 4.33. The minimum atomic E-state index is 0.0278. The van der Waals surface area contributed by atoms with Crippen LogP contribution in [0.25, 0.3) is 0 Å². The van der Waals surface area contributed by atoms with Gasteiger partial charge in [-0.2, -0.15) is 0 Å². The Labute approximate surface area is 175 Å². The van der Waals surface area contributed by atoms with Gasteiger partial charge >= 0.3 is 0 Å². The SMILES string of the molecule is O=C(c1ccccc1Oc1ccccc1)N(CCc1cccs1)C1CCOCC1. The van der Waals surface area contributed by atoms with E-state index < -0.39 is 0 Å². The molecule has 150 valence electrons. The first kappa shape index (κ1) is 19.7. The summed E-state index contributed by atoms with van der Waals surface area (Å²) in [5.74, 6) is 1.35. The Bertz CT molecular complexity index is 905. The lowest BCUT2D eigenvalue weighted by atomic mass is 10.0. The fourth-order valence-electron chi connectivity index (χ4n) is 3.63. The number of hydrogen-bond donors (Lipinski definition) is 0. The zero-order valence-corrected chi connectivity index (χ0v) is 17.1. The molecule has 4 rings (SSSR count). The highest BCUT2D eigenvalue weighted by molar-refractivity contribution is 7.09. The predicted octanol–water partition coefficient (Wildman–Crippen LogP) is 5.40. The van der Waals surface area contributed by atoms with Crippen LogP contribution in [0.5, 0.6) is 11.5 Å². The first-order chi connectivity index (χ1) is 14.3. The van der Waals surface area contributed by atoms with E-state index in [-0.39, 0.29) is 11.9 Å². The quantitative estimate of drug-likeness (QED) is 0.526. The van der Waals surface area contributed by atoms with Gasteiger partial charge in [-0.05, 0) is 55.0 Å². The van der Waals surface area contributed by atoms with E-state index in [1.807, 2.05) is 59.5 Å². The lowest BCUT2D eigenvalue weighted by Crippen LogP contribution is -2.44. The van der Waals surface area contributed by atoms with Crippen LogP contribution in [0.1, 0.15) is 28.1 Å². The first-order valence-corrected chi connectivity index (χ1v) is 10.9. The molecule has 1 saturated heterocycles. The van der Waals surface area contributed by atoms with E-state index >= 15 is 0 Å². The van der Waals surface area contributed by atoms with Gasteiger partial charge in [0.1, 0.15) is 11.5 Å². The number of carbonyl (C=O) groups excluding carboxylic acids is 1. The summed E-state index contributed by atoms with van der Waals surface area (Å²) >= 11 is 1.74. The fraction of sp³-hybridized carbons (Fsp3) is 0.292. The number of ether oxygens (including phenoxy) is 2. The summed E-state index contributed by atoms with van der Waals surface area (Å²) in [5.41, 5.74) is 0.606. The zero-order chi connectivity index (χ0) is 19.9. The molecule has 1 aliphatic heterocycles. The van der Waals surface area contributed by atoms with Gasteiger partial charge in [0.15, 0.2) is 0 Å². The number of nitrogens with zero attached hydrogens (tertiary/aromatic N) is 1. The largest absolute Gasteiger partial charge is 0.457 e. The van der Waals surface area contributed by atoms with Crippen molar-refractivity contribution in [3.8, 4) is 11.5 Å². The molecule has 0 radical (unpaired) electrons. The summed E-state index contributed by atoms with van der Waals surface area (Å²) < 4.78 is 11.6. The molecule has 0 spiro atoms. The third kappa shape index (κ3) is 5.05. The maximum absolute atomic E-state index is 13.6. The van der Waals surface area contributed by atoms with Gasteiger partial charge in [0.05, 0.1) is 5.56 Å². The Morgan fingerprint density at radius 1 is 1.00 bits per heavy atom. The molecule has 0 bridgehead atoms. The van der Waals surface area contributed by atoms with E-state index in [0.29, 0.717) is 31.1 Å². The topological polar surface area (TPSA) is 38.8 Å². The number of hydrogen-bond acceptors (Lipinski definition) is 4. The van der Waals surface area contributed by atoms with Gasteiger partial charge in [-0.25, -0.2) is 0 Å². The van der Waals surface area contributed by atoms with Crippen LogP contribution >= 0.6 is 11.3 Å². The second kappa shape index (κ2) is 9.72. The van der Waals surface area contributed by atoms with Crippen molar-refractivity contribution in [2.75, 3.05) is 19.8 Å². The normalized spacial score (nSPS) is 14.5. The third-order valence-corrected chi connectivity index (χ3v) is 6.10. The van der Waals surface area contributed by atoms with Gasteiger partial charge in [-0.15, -0.1) is 11.3 Å². The molecule has 4 nitrogen and oxygen atoms in total. The van der Waals surface area contributed by atoms with Crippen LogP contribution in [0.4, 0.5) is 0 Å². The molecule has 1 aliphatic rings. The van der Waals surface area contributed by atoms with Crippen LogP contribution < -0.4 is 4.74 Å². The van der Waals surface area contributed by atoms with E-state index in [4.69, 9.17) is 9.47 Å². The number of benzene rings is 2. The van der Waals surface area contributed by atoms with Gasteiger partial charge in [-0.1, -0.05) is 36.4 Å². The molecule has 1 fully saturated rings. The highest BCUT2D eigenvalue weighted by atomic mass is 32.1. The first-order valence-electron chi connectivity index (χ1n) is 10.0. The summed E-state index contributed by atoms with van der Waals surface area (Å²) in [7, 11) is 0. The zero-order valence-electron chi connectivity index (χ0n) is 16.3. The van der Waals surface area contributed by atoms with E-state index in [1.54, 1.807) is 11.3 Å². The average Bonchev–Trinajstić information content (AvgIpc) is 3.29. The summed E-state index contributed by atoms with van der Waals surface area (Å²) in [5, 5.41) is 2.08. The van der Waals surface area contributed by atoms with Gasteiger partial charge in [0.2, 0.25) is 0 Å². The van der Waals surface area contributed by atoms with Crippen molar-refractivity contribution < 1.29 is 14.3 Å². The highest BCUT2D eigenvalue weighted by Gasteiger charge is 2.28. The van der Waals surface area contributed by atoms with Crippen molar-refractivity contribution in [2.24, 2.45) is 0 Å². The Morgan fingerprint density at radius 3 is 2.52 bits per heavy atom. The number of amides is 1. The molecule has 2 heterocycles. The Balaban J connectivity index is 1.57. The molecule has 1 amide bonds. The van der Waals surface area contributed by atoms with Crippen molar-refractivity contribution in [2.45, 2.75) is 25.3 Å². The maximum Gasteiger partial charge on any atom is 0.257 e. The van der Waals surface area contributed by atoms with Crippen LogP contribution in [0.3, 0.4) is 0 Å². The van der Waals surface area contributed by atoms with Crippen molar-refractivity contribution in [3.63, 3.8) is 0 Å². The molecule has 29 heavy (non-hydrogen) atoms. The summed E-state index contributed by atoms with van der Waals surface area (Å²) in [6, 6.07) is 21.5. The molecule has 3 aromatic rings. The van der Waals surface area contributed by atoms with Crippen LogP contribution in [-0.2, 0) is 11.2 Å². The maximum atomic E-state index is 13.6. The Morgan fingerprint density at radius 2 is 1.76 bits per heavy atom. The standard InChI is InChI=1S/C24H25NO3S/c26-24(22-10-4-5-11-23(22)28-20-7-2-1-3-8-20)25(19-13-16-27-17-14-19)15-12-21-9-6-18-29-21/h1-11,18-19H,12-17H2. The number of para-hydroxylation sites is 2. The van der Waals surface area contributed by atoms with E-state index in [0.717, 1.165) is 25.0 Å². The molecule has 2 aromatic carbocycles. The van der Waals surface area contributed by atoms with Gasteiger partial charge in [-0.3, -0.25) is 4.79 Å². The van der Waals surface area contributed by atoms with Crippen molar-refractivity contribution in [1.29, 1.82) is 0 Å². The number of rotatable bonds is 7. The number of thiophene rings is 1. The molecule has 5 heteroatoms. The molecule has 0 aliphatic carbocycles. The molecule has 0 N–H and O–H groups in total. The van der Waals surface area contributed by atoms with Gasteiger partial charge in [0.25, 0.3) is 5.91 Å². The monoisotopic (exact) mass is 407 g/mol. The van der Waals surface area contributed by atoms with Crippen molar-refractivity contribution >= 4 is 17.2 Å². The van der Waals surface area contributed by atoms with E-state index in [2.05, 4.69) is 17.5 Å². The lowest BCUT2D eigenvalue weighted by molar-refractivity contribution is 0.0292. The van der Waals surface area contributed by atoms with E-state index in [1.165, 1.54) is 4.88 Å². The second-order valence-corrected chi connectivity index (χ2v) is 8.11. The highest BCUT2D eigenvalue weighted by Crippen LogP contribution is 2.28. The van der Waals surface area contributed by atoms with Crippen LogP contribution in [-0.4, -0.2) is 36.6 Å². The van der Waals surface area contributed by atoms with Crippen LogP contribution in [0.15, 0.2) is 72.1 Å². The smallest absolute Gasteiger partial charge is 0.257 e. The van der Waals surface area contributed by atoms with Crippen molar-refractivity contribution in [1.82, 2.24) is 4.90 Å². The van der Waals surface area contributed by atoms with Crippen molar-refractivity contribution in [3.05, 3.63) is 82.6 Å². The van der Waals surface area contributed by atoms with Crippen LogP contribution in [0, 0.1) is 0 Å². The average molecular weight is 408 g/mol. The third-order valence-electron chi connectivity index (χ3n) is 5.16. The number of carbonyl (C=O) groups is 1. The minimum absolute atomic E-state index is 0.0278. The van der Waals surface area contributed by atoms with Gasteiger partial charge < -0.3 is 14.4 Å². The lowest BCUT2D eigenvalue weighted by Gasteiger charge is -2.34. The molecular formula is C24H25NO3S. The Kier molecular flexibility index (Phi) is 6.60. The molecule has 0 saturated carbocycles. The van der Waals surface area contributed by atoms with Crippen LogP contribution in [0.2, 0.25) is 0 Å². The molecule has 0 atom stereocenters. The molecule has 1 aromatic heterocycles. The summed E-state index contributed by atoms with van der Waals surface area (Å²) in [4.78, 5) is 16.9. The minimum Gasteiger partial charge on any atom is -0.457 e. The van der Waals surface area contributed by atoms with E-state index in [9.17, 15) is 4.79 Å². The predicted molar refractivity (Wildman–Crippen MR) is 116 cm³/mol. The summed E-state index contributed by atoms with van der Waals surface area (Å²) in [6.07, 6.45) is 2.61. The summed E-state index contributed by atoms with van der Waals surface area (Å²) in [6.45, 7) is 2.11. The van der Waals surface area contributed by atoms with Gasteiger partial charge in [0, 0.05) is 30.7 Å². The molecule has 0 unspecified atom stereocenters. The Hall–Kier alpha value is -2.63.